The first-order valence-electron chi connectivity index (χ1n) is 8.50. The molecule has 1 atom stereocenters. The van der Waals surface area contributed by atoms with Crippen LogP contribution in [0.5, 0.6) is 5.75 Å². The summed E-state index contributed by atoms with van der Waals surface area (Å²) in [5.74, 6) is -1.81. The number of nitrogens with zero attached hydrogens (tertiary/aromatic N) is 1. The van der Waals surface area contributed by atoms with E-state index in [-0.39, 0.29) is 23.6 Å². The Bertz CT molecular complexity index is 1090. The molecule has 2 aromatic carbocycles. The van der Waals surface area contributed by atoms with Crippen LogP contribution in [0.25, 0.3) is 11.4 Å². The highest BCUT2D eigenvalue weighted by Crippen LogP contribution is 2.17. The van der Waals surface area contributed by atoms with Crippen molar-refractivity contribution in [3.05, 3.63) is 81.2 Å². The Morgan fingerprint density at radius 1 is 1.10 bits per heavy atom. The molecule has 0 aliphatic rings. The summed E-state index contributed by atoms with van der Waals surface area (Å²) in [5.41, 5.74) is 0.200. The second-order valence-electron chi connectivity index (χ2n) is 6.22. The van der Waals surface area contributed by atoms with Crippen LogP contribution in [0.1, 0.15) is 15.9 Å². The zero-order valence-electron chi connectivity index (χ0n) is 14.9. The third-order valence-corrected chi connectivity index (χ3v) is 4.39. The third-order valence-electron chi connectivity index (χ3n) is 4.14. The molecule has 0 aliphatic carbocycles. The van der Waals surface area contributed by atoms with E-state index >= 15 is 0 Å². The molecule has 0 aliphatic heterocycles. The first kappa shape index (κ1) is 20.1. The quantitative estimate of drug-likeness (QED) is 0.490. The van der Waals surface area contributed by atoms with Crippen molar-refractivity contribution in [3.8, 4) is 17.1 Å². The van der Waals surface area contributed by atoms with E-state index < -0.39 is 23.5 Å². The molecule has 9 heteroatoms. The van der Waals surface area contributed by atoms with Crippen molar-refractivity contribution in [1.82, 2.24) is 15.3 Å². The summed E-state index contributed by atoms with van der Waals surface area (Å²) in [6.45, 7) is 0. The van der Waals surface area contributed by atoms with Crippen LogP contribution < -0.4 is 10.9 Å². The van der Waals surface area contributed by atoms with Gasteiger partial charge in [0.1, 0.15) is 23.2 Å². The zero-order valence-corrected chi connectivity index (χ0v) is 15.7. The Balaban J connectivity index is 1.77. The van der Waals surface area contributed by atoms with Gasteiger partial charge >= 0.3 is 5.97 Å². The number of aromatic amines is 1. The molecule has 1 heterocycles. The van der Waals surface area contributed by atoms with Crippen molar-refractivity contribution in [1.29, 1.82) is 0 Å². The van der Waals surface area contributed by atoms with Crippen LogP contribution in [0.3, 0.4) is 0 Å². The van der Waals surface area contributed by atoms with Gasteiger partial charge in [-0.05, 0) is 42.0 Å². The van der Waals surface area contributed by atoms with E-state index in [4.69, 9.17) is 11.6 Å². The van der Waals surface area contributed by atoms with Gasteiger partial charge in [0, 0.05) is 23.2 Å². The summed E-state index contributed by atoms with van der Waals surface area (Å²) in [5, 5.41) is 21.6. The van der Waals surface area contributed by atoms with E-state index in [1.165, 1.54) is 12.1 Å². The maximum atomic E-state index is 12.4. The predicted octanol–water partition coefficient (Wildman–Crippen LogP) is 2.22. The Labute approximate surface area is 169 Å². The fourth-order valence-electron chi connectivity index (χ4n) is 2.61. The number of phenolic OH excluding ortho intramolecular Hbond substituents is 1. The van der Waals surface area contributed by atoms with E-state index in [1.54, 1.807) is 36.4 Å². The summed E-state index contributed by atoms with van der Waals surface area (Å²) in [7, 11) is 0. The lowest BCUT2D eigenvalue weighted by Crippen LogP contribution is -2.44. The lowest BCUT2D eigenvalue weighted by molar-refractivity contribution is -0.139. The molecule has 1 amide bonds. The number of aromatic hydroxyl groups is 1. The highest BCUT2D eigenvalue weighted by Gasteiger charge is 2.23. The number of hydrogen-bond acceptors (Lipinski definition) is 5. The van der Waals surface area contributed by atoms with Gasteiger partial charge in [-0.15, -0.1) is 0 Å². The molecule has 3 rings (SSSR count). The van der Waals surface area contributed by atoms with Crippen LogP contribution in [-0.4, -0.2) is 38.1 Å². The van der Waals surface area contributed by atoms with Gasteiger partial charge in [0.2, 0.25) is 0 Å². The number of nitrogens with one attached hydrogen (secondary N) is 2. The fourth-order valence-corrected chi connectivity index (χ4v) is 2.74. The van der Waals surface area contributed by atoms with Gasteiger partial charge in [-0.1, -0.05) is 23.7 Å². The fraction of sp³-hybridized carbons (Fsp3) is 0.100. The molecule has 1 aromatic heterocycles. The van der Waals surface area contributed by atoms with E-state index in [0.29, 0.717) is 16.1 Å². The number of carbonyl (C=O) groups is 2. The first-order chi connectivity index (χ1) is 13.8. The Morgan fingerprint density at radius 3 is 2.34 bits per heavy atom. The van der Waals surface area contributed by atoms with E-state index in [0.717, 1.165) is 6.20 Å². The minimum Gasteiger partial charge on any atom is -0.508 e. The standard InChI is InChI=1S/C20H16ClN3O5/c21-13-5-3-12(4-6-13)17-22-10-15(19(27)24-17)18(26)23-16(20(28)29)9-11-1-7-14(25)8-2-11/h1-8,10,16,25H,9H2,(H,23,26)(H,28,29)(H,22,24,27). The van der Waals surface area contributed by atoms with Gasteiger partial charge in [0.05, 0.1) is 0 Å². The molecule has 0 saturated carbocycles. The molecule has 8 nitrogen and oxygen atoms in total. The number of aromatic nitrogens is 2. The van der Waals surface area contributed by atoms with Crippen LogP contribution in [0.4, 0.5) is 0 Å². The number of phenols is 1. The minimum absolute atomic E-state index is 0.0183. The summed E-state index contributed by atoms with van der Waals surface area (Å²) >= 11 is 5.83. The van der Waals surface area contributed by atoms with Gasteiger partial charge < -0.3 is 20.5 Å². The van der Waals surface area contributed by atoms with Gasteiger partial charge in [-0.3, -0.25) is 9.59 Å². The molecule has 148 valence electrons. The number of carboxylic acids is 1. The molecule has 1 unspecified atom stereocenters. The van der Waals surface area contributed by atoms with Crippen LogP contribution in [-0.2, 0) is 11.2 Å². The summed E-state index contributed by atoms with van der Waals surface area (Å²) in [4.78, 5) is 42.8. The molecule has 0 radical (unpaired) electrons. The maximum absolute atomic E-state index is 12.4. The summed E-state index contributed by atoms with van der Waals surface area (Å²) in [6, 6.07) is 11.3. The summed E-state index contributed by atoms with van der Waals surface area (Å²) < 4.78 is 0. The van der Waals surface area contributed by atoms with Crippen molar-refractivity contribution in [2.75, 3.05) is 0 Å². The number of hydrogen-bond donors (Lipinski definition) is 4. The van der Waals surface area contributed by atoms with Crippen LogP contribution in [0, 0.1) is 0 Å². The lowest BCUT2D eigenvalue weighted by Gasteiger charge is -2.14. The second kappa shape index (κ2) is 8.57. The molecule has 3 aromatic rings. The number of benzene rings is 2. The third kappa shape index (κ3) is 4.99. The molecule has 4 N–H and O–H groups in total. The number of halogens is 1. The van der Waals surface area contributed by atoms with Crippen LogP contribution in [0.15, 0.2) is 59.5 Å². The highest BCUT2D eigenvalue weighted by molar-refractivity contribution is 6.30. The SMILES string of the molecule is O=C(NC(Cc1ccc(O)cc1)C(=O)O)c1cnc(-c2ccc(Cl)cc2)[nH]c1=O. The topological polar surface area (TPSA) is 132 Å². The van der Waals surface area contributed by atoms with Crippen molar-refractivity contribution < 1.29 is 19.8 Å². The number of amides is 1. The van der Waals surface area contributed by atoms with Gasteiger partial charge in [0.25, 0.3) is 11.5 Å². The number of rotatable bonds is 6. The molecule has 0 bridgehead atoms. The molecule has 0 spiro atoms. The van der Waals surface area contributed by atoms with Crippen LogP contribution >= 0.6 is 11.6 Å². The van der Waals surface area contributed by atoms with Crippen molar-refractivity contribution in [2.24, 2.45) is 0 Å². The molecule has 0 fully saturated rings. The minimum atomic E-state index is -1.26. The number of H-pyrrole nitrogens is 1. The number of carboxylic acid groups (broad SMARTS) is 1. The normalized spacial score (nSPS) is 11.6. The Morgan fingerprint density at radius 2 is 1.76 bits per heavy atom. The average molecular weight is 414 g/mol. The average Bonchev–Trinajstić information content (AvgIpc) is 2.69. The van der Waals surface area contributed by atoms with Gasteiger partial charge in [-0.25, -0.2) is 9.78 Å². The zero-order chi connectivity index (χ0) is 21.0. The van der Waals surface area contributed by atoms with Crippen molar-refractivity contribution in [2.45, 2.75) is 12.5 Å². The Hall–Kier alpha value is -3.65. The van der Waals surface area contributed by atoms with Crippen molar-refractivity contribution >= 4 is 23.5 Å². The van der Waals surface area contributed by atoms with E-state index in [1.807, 2.05) is 0 Å². The van der Waals surface area contributed by atoms with E-state index in [2.05, 4.69) is 15.3 Å². The van der Waals surface area contributed by atoms with Gasteiger partial charge in [-0.2, -0.15) is 0 Å². The molecular formula is C20H16ClN3O5. The highest BCUT2D eigenvalue weighted by atomic mass is 35.5. The van der Waals surface area contributed by atoms with E-state index in [9.17, 15) is 24.6 Å². The monoisotopic (exact) mass is 413 g/mol. The summed E-state index contributed by atoms with van der Waals surface area (Å²) in [6.07, 6.45) is 1.08. The molecule has 0 saturated heterocycles. The predicted molar refractivity (Wildman–Crippen MR) is 106 cm³/mol. The van der Waals surface area contributed by atoms with Crippen molar-refractivity contribution in [3.63, 3.8) is 0 Å². The first-order valence-corrected chi connectivity index (χ1v) is 8.88. The largest absolute Gasteiger partial charge is 0.508 e. The maximum Gasteiger partial charge on any atom is 0.326 e. The van der Waals surface area contributed by atoms with Crippen LogP contribution in [0.2, 0.25) is 5.02 Å². The number of carbonyl (C=O) groups excluding carboxylic acids is 1. The molecule has 29 heavy (non-hydrogen) atoms. The lowest BCUT2D eigenvalue weighted by atomic mass is 10.1. The molecular weight excluding hydrogens is 398 g/mol. The second-order valence-corrected chi connectivity index (χ2v) is 6.65. The smallest absolute Gasteiger partial charge is 0.326 e. The van der Waals surface area contributed by atoms with Gasteiger partial charge in [0.15, 0.2) is 0 Å². The Kier molecular flexibility index (Phi) is 5.94. The number of aliphatic carboxylic acids is 1.